The Morgan fingerprint density at radius 3 is 2.54 bits per heavy atom. The van der Waals surface area contributed by atoms with E-state index in [1.54, 1.807) is 14.2 Å². The van der Waals surface area contributed by atoms with Gasteiger partial charge < -0.3 is 29.7 Å². The number of hydrogen-bond donors (Lipinski definition) is 2. The fourth-order valence-electron chi connectivity index (χ4n) is 2.72. The van der Waals surface area contributed by atoms with Crippen molar-refractivity contribution in [3.8, 4) is 0 Å². The fraction of sp³-hybridized carbons (Fsp3) is 0.944. The Labute approximate surface area is 176 Å². The second kappa shape index (κ2) is 18.2. The van der Waals surface area contributed by atoms with Gasteiger partial charge in [0.05, 0.1) is 0 Å². The topological polar surface area (TPSA) is 67.4 Å². The summed E-state index contributed by atoms with van der Waals surface area (Å²) in [6, 6.07) is 0. The van der Waals surface area contributed by atoms with Crippen LogP contribution >= 0.6 is 24.0 Å². The van der Waals surface area contributed by atoms with Crippen LogP contribution in [0, 0.1) is 5.92 Å². The van der Waals surface area contributed by atoms with Crippen LogP contribution in [-0.2, 0) is 14.2 Å². The largest absolute Gasteiger partial charge is 0.385 e. The van der Waals surface area contributed by atoms with Crippen LogP contribution in [0.15, 0.2) is 4.99 Å². The number of methoxy groups -OCH3 is 1. The lowest BCUT2D eigenvalue weighted by Crippen LogP contribution is -2.41. The van der Waals surface area contributed by atoms with Crippen molar-refractivity contribution in [3.63, 3.8) is 0 Å². The molecule has 1 heterocycles. The molecular weight excluding hydrogens is 447 g/mol. The third-order valence-corrected chi connectivity index (χ3v) is 4.35. The lowest BCUT2D eigenvalue weighted by Gasteiger charge is -2.21. The minimum atomic E-state index is 0. The highest BCUT2D eigenvalue weighted by molar-refractivity contribution is 14.0. The Kier molecular flexibility index (Phi) is 18.1. The van der Waals surface area contributed by atoms with E-state index in [2.05, 4.69) is 27.6 Å². The first kappa shape index (κ1) is 25.8. The number of rotatable bonds is 13. The van der Waals surface area contributed by atoms with Crippen LogP contribution < -0.4 is 10.6 Å². The van der Waals surface area contributed by atoms with E-state index in [1.807, 2.05) is 0 Å². The first-order valence-corrected chi connectivity index (χ1v) is 9.53. The predicted molar refractivity (Wildman–Crippen MR) is 118 cm³/mol. The lowest BCUT2D eigenvalue weighted by molar-refractivity contribution is 0.0203. The van der Waals surface area contributed by atoms with Crippen LogP contribution in [0.3, 0.4) is 0 Å². The van der Waals surface area contributed by atoms with E-state index in [1.165, 1.54) is 0 Å². The zero-order chi connectivity index (χ0) is 18.2. The molecule has 0 spiro atoms. The van der Waals surface area contributed by atoms with Gasteiger partial charge in [-0.2, -0.15) is 0 Å². The number of halogens is 1. The summed E-state index contributed by atoms with van der Waals surface area (Å²) in [6.07, 6.45) is 4.32. The van der Waals surface area contributed by atoms with Crippen LogP contribution in [0.25, 0.3) is 0 Å². The maximum atomic E-state index is 5.78. The molecule has 0 bridgehead atoms. The molecule has 1 aliphatic rings. The standard InChI is InChI=1S/C18H38N4O3.HI/c1-19-18(21-9-11-22(2)10-5-12-23-3)20-8-4-13-25-16-17-6-14-24-15-7-17;/h17H,4-16H2,1-3H3,(H2,19,20,21);1H. The highest BCUT2D eigenvalue weighted by Crippen LogP contribution is 2.14. The molecule has 0 atom stereocenters. The van der Waals surface area contributed by atoms with Crippen LogP contribution in [0.2, 0.25) is 0 Å². The summed E-state index contributed by atoms with van der Waals surface area (Å²) in [4.78, 5) is 6.55. The van der Waals surface area contributed by atoms with Gasteiger partial charge in [0.1, 0.15) is 0 Å². The molecule has 26 heavy (non-hydrogen) atoms. The molecule has 0 aromatic rings. The number of likely N-dealkylation sites (N-methyl/N-ethyl adjacent to an activating group) is 1. The van der Waals surface area contributed by atoms with Crippen molar-refractivity contribution < 1.29 is 14.2 Å². The second-order valence-corrected chi connectivity index (χ2v) is 6.56. The molecule has 2 N–H and O–H groups in total. The molecule has 0 amide bonds. The van der Waals surface area contributed by atoms with Crippen molar-refractivity contribution in [1.82, 2.24) is 15.5 Å². The van der Waals surface area contributed by atoms with Crippen molar-refractivity contribution in [2.75, 3.05) is 80.4 Å². The Morgan fingerprint density at radius 1 is 1.12 bits per heavy atom. The molecular formula is C18H39IN4O3. The number of ether oxygens (including phenoxy) is 3. The van der Waals surface area contributed by atoms with E-state index in [4.69, 9.17) is 14.2 Å². The summed E-state index contributed by atoms with van der Waals surface area (Å²) in [5, 5.41) is 6.68. The minimum absolute atomic E-state index is 0. The van der Waals surface area contributed by atoms with Gasteiger partial charge in [-0.05, 0) is 38.6 Å². The predicted octanol–water partition coefficient (Wildman–Crippen LogP) is 1.57. The molecule has 8 heteroatoms. The Bertz CT molecular complexity index is 342. The number of aliphatic imine (C=N–C) groups is 1. The Morgan fingerprint density at radius 2 is 1.85 bits per heavy atom. The van der Waals surface area contributed by atoms with Gasteiger partial charge in [-0.25, -0.2) is 0 Å². The van der Waals surface area contributed by atoms with Crippen LogP contribution in [0.5, 0.6) is 0 Å². The monoisotopic (exact) mass is 486 g/mol. The smallest absolute Gasteiger partial charge is 0.191 e. The third kappa shape index (κ3) is 14.0. The summed E-state index contributed by atoms with van der Waals surface area (Å²) in [5.41, 5.74) is 0. The van der Waals surface area contributed by atoms with E-state index in [0.717, 1.165) is 90.9 Å². The zero-order valence-corrected chi connectivity index (χ0v) is 19.1. The lowest BCUT2D eigenvalue weighted by atomic mass is 10.0. The molecule has 0 saturated carbocycles. The highest BCUT2D eigenvalue weighted by atomic mass is 127. The highest BCUT2D eigenvalue weighted by Gasteiger charge is 2.13. The first-order valence-electron chi connectivity index (χ1n) is 9.53. The molecule has 156 valence electrons. The van der Waals surface area contributed by atoms with Crippen LogP contribution in [0.4, 0.5) is 0 Å². The van der Waals surface area contributed by atoms with Crippen molar-refractivity contribution in [2.45, 2.75) is 25.7 Å². The second-order valence-electron chi connectivity index (χ2n) is 6.56. The summed E-state index contributed by atoms with van der Waals surface area (Å²) in [7, 11) is 5.68. The maximum absolute atomic E-state index is 5.78. The van der Waals surface area contributed by atoms with E-state index >= 15 is 0 Å². The minimum Gasteiger partial charge on any atom is -0.385 e. The fourth-order valence-corrected chi connectivity index (χ4v) is 2.72. The normalized spacial score (nSPS) is 15.8. The molecule has 0 unspecified atom stereocenters. The number of nitrogens with zero attached hydrogens (tertiary/aromatic N) is 2. The summed E-state index contributed by atoms with van der Waals surface area (Å²) in [5.74, 6) is 1.53. The van der Waals surface area contributed by atoms with Gasteiger partial charge >= 0.3 is 0 Å². The molecule has 1 fully saturated rings. The summed E-state index contributed by atoms with van der Waals surface area (Å²) >= 11 is 0. The van der Waals surface area contributed by atoms with Crippen molar-refractivity contribution >= 4 is 29.9 Å². The van der Waals surface area contributed by atoms with Gasteiger partial charge in [-0.15, -0.1) is 24.0 Å². The summed E-state index contributed by atoms with van der Waals surface area (Å²) in [6.45, 7) is 8.04. The Hall–Kier alpha value is -0.160. The number of hydrogen-bond acceptors (Lipinski definition) is 5. The van der Waals surface area contributed by atoms with Crippen LogP contribution in [-0.4, -0.2) is 91.3 Å². The van der Waals surface area contributed by atoms with Crippen molar-refractivity contribution in [1.29, 1.82) is 0 Å². The maximum Gasteiger partial charge on any atom is 0.191 e. The number of nitrogens with one attached hydrogen (secondary N) is 2. The van der Waals surface area contributed by atoms with Gasteiger partial charge in [0.15, 0.2) is 5.96 Å². The summed E-state index contributed by atoms with van der Waals surface area (Å²) < 4.78 is 16.2. The van der Waals surface area contributed by atoms with Gasteiger partial charge in [-0.3, -0.25) is 4.99 Å². The molecule has 0 aromatic carbocycles. The van der Waals surface area contributed by atoms with Gasteiger partial charge in [-0.1, -0.05) is 0 Å². The van der Waals surface area contributed by atoms with Gasteiger partial charge in [0.25, 0.3) is 0 Å². The number of guanidine groups is 1. The van der Waals surface area contributed by atoms with Gasteiger partial charge in [0.2, 0.25) is 0 Å². The molecule has 1 aliphatic heterocycles. The molecule has 0 aromatic heterocycles. The van der Waals surface area contributed by atoms with Crippen molar-refractivity contribution in [3.05, 3.63) is 0 Å². The first-order chi connectivity index (χ1) is 12.3. The zero-order valence-electron chi connectivity index (χ0n) is 16.8. The van der Waals surface area contributed by atoms with Gasteiger partial charge in [0, 0.05) is 73.4 Å². The van der Waals surface area contributed by atoms with Crippen LogP contribution in [0.1, 0.15) is 25.7 Å². The third-order valence-electron chi connectivity index (χ3n) is 4.35. The van der Waals surface area contributed by atoms with E-state index in [9.17, 15) is 0 Å². The SMILES string of the molecule is CN=C(NCCCOCC1CCOCC1)NCCN(C)CCCOC.I. The van der Waals surface area contributed by atoms with Crippen molar-refractivity contribution in [2.24, 2.45) is 10.9 Å². The average molecular weight is 486 g/mol. The van der Waals surface area contributed by atoms with E-state index in [-0.39, 0.29) is 24.0 Å². The average Bonchev–Trinajstić information content (AvgIpc) is 2.64. The molecule has 0 radical (unpaired) electrons. The van der Waals surface area contributed by atoms with E-state index < -0.39 is 0 Å². The molecule has 0 aliphatic carbocycles. The molecule has 1 saturated heterocycles. The molecule has 7 nitrogen and oxygen atoms in total. The Balaban J connectivity index is 0.00000625. The quantitative estimate of drug-likeness (QED) is 0.178. The van der Waals surface area contributed by atoms with E-state index in [0.29, 0.717) is 5.92 Å². The molecule has 1 rings (SSSR count).